The molecule has 0 fully saturated rings. The molecular weight excluding hydrogens is 411 g/mol. The number of hydrogen-bond acceptors (Lipinski definition) is 0. The molecule has 0 bridgehead atoms. The Kier molecular flexibility index (Phi) is 3.23. The zero-order valence-electron chi connectivity index (χ0n) is 11.7. The van der Waals surface area contributed by atoms with Crippen molar-refractivity contribution in [2.45, 2.75) is 20.2 Å². The Hall–Kier alpha value is -1.13. The number of benzene rings is 2. The van der Waals surface area contributed by atoms with Crippen LogP contribution in [0.15, 0.2) is 60.7 Å². The van der Waals surface area contributed by atoms with Crippen LogP contribution >= 0.6 is 0 Å². The van der Waals surface area contributed by atoms with E-state index in [0.717, 1.165) is 0 Å². The van der Waals surface area contributed by atoms with Crippen LogP contribution < -0.4 is 0 Å². The summed E-state index contributed by atoms with van der Waals surface area (Å²) in [5.74, 6) is 0. The van der Waals surface area contributed by atoms with Gasteiger partial charge in [-0.25, -0.2) is 0 Å². The molecule has 2 aromatic rings. The molecule has 0 saturated heterocycles. The first-order valence-electron chi connectivity index (χ1n) is 6.28. The molecule has 19 heavy (non-hydrogen) atoms. The Balaban J connectivity index is 2.16. The fraction of sp³-hybridized carbons (Fsp3) is 0.222. The fourth-order valence-corrected chi connectivity index (χ4v) is 6.88. The number of hydrogen-bond donors (Lipinski definition) is 0. The van der Waals surface area contributed by atoms with Gasteiger partial charge in [-0.15, -0.1) is 0 Å². The summed E-state index contributed by atoms with van der Waals surface area (Å²) < 4.78 is 0.679. The molecular formula is C18H20Pt. The zero-order valence-corrected chi connectivity index (χ0v) is 13.9. The van der Waals surface area contributed by atoms with Gasteiger partial charge in [0, 0.05) is 0 Å². The van der Waals surface area contributed by atoms with E-state index in [9.17, 15) is 0 Å². The van der Waals surface area contributed by atoms with E-state index in [1.165, 1.54) is 21.9 Å². The second kappa shape index (κ2) is 4.76. The maximum absolute atomic E-state index is 2.49. The normalized spacial score (nSPS) is 19.7. The fourth-order valence-electron chi connectivity index (χ4n) is 2.62. The van der Waals surface area contributed by atoms with Crippen LogP contribution in [0.25, 0.3) is 16.3 Å². The van der Waals surface area contributed by atoms with Gasteiger partial charge in [-0.2, -0.15) is 0 Å². The van der Waals surface area contributed by atoms with Gasteiger partial charge in [0.1, 0.15) is 0 Å². The van der Waals surface area contributed by atoms with Crippen LogP contribution in [0.3, 0.4) is 0 Å². The number of allylic oxidation sites excluding steroid dienone is 4. The summed E-state index contributed by atoms with van der Waals surface area (Å²) in [5, 5.41) is 10.2. The van der Waals surface area contributed by atoms with Crippen molar-refractivity contribution in [2.24, 2.45) is 0 Å². The Labute approximate surface area is 119 Å². The molecule has 1 atom stereocenters. The molecule has 0 nitrogen and oxygen atoms in total. The first-order chi connectivity index (χ1) is 9.07. The van der Waals surface area contributed by atoms with Crippen molar-refractivity contribution in [3.8, 4) is 0 Å². The summed E-state index contributed by atoms with van der Waals surface area (Å²) >= 11 is -1.65. The van der Waals surface area contributed by atoms with Gasteiger partial charge in [0.15, 0.2) is 0 Å². The number of fused-ring (bicyclic) bond motifs is 1. The maximum atomic E-state index is 2.49. The van der Waals surface area contributed by atoms with E-state index in [1.807, 2.05) is 0 Å². The van der Waals surface area contributed by atoms with Crippen LogP contribution in [-0.4, -0.2) is 0 Å². The van der Waals surface area contributed by atoms with E-state index in [4.69, 9.17) is 0 Å². The predicted molar refractivity (Wildman–Crippen MR) is 82.4 cm³/mol. The van der Waals surface area contributed by atoms with Gasteiger partial charge in [0.05, 0.1) is 0 Å². The van der Waals surface area contributed by atoms with Gasteiger partial charge in [0.2, 0.25) is 0 Å². The Morgan fingerprint density at radius 2 is 1.63 bits per heavy atom. The molecule has 3 rings (SSSR count). The zero-order chi connectivity index (χ0) is 13.5. The van der Waals surface area contributed by atoms with Crippen molar-refractivity contribution >= 4 is 16.3 Å². The summed E-state index contributed by atoms with van der Waals surface area (Å²) in [4.78, 5) is 0. The Morgan fingerprint density at radius 3 is 2.42 bits per heavy atom. The topological polar surface area (TPSA) is 0 Å². The standard InChI is InChI=1S/C15H11.3CH3.Pt/c1-2-7-12(6-1)15-11-5-9-13-8-3-4-10-14(13)15;;;;/h1-11H;3*1H3;. The van der Waals surface area contributed by atoms with E-state index in [-0.39, 0.29) is 0 Å². The van der Waals surface area contributed by atoms with Crippen molar-refractivity contribution in [1.82, 2.24) is 0 Å². The third-order valence-electron chi connectivity index (χ3n) is 3.51. The van der Waals surface area contributed by atoms with Gasteiger partial charge in [0.25, 0.3) is 0 Å². The molecule has 2 aromatic carbocycles. The molecule has 0 saturated carbocycles. The predicted octanol–water partition coefficient (Wildman–Crippen LogP) is 5.88. The minimum absolute atomic E-state index is 0.679. The van der Waals surface area contributed by atoms with Crippen molar-refractivity contribution in [3.05, 3.63) is 66.3 Å². The molecule has 1 aliphatic rings. The number of rotatable bonds is 2. The van der Waals surface area contributed by atoms with E-state index in [1.54, 1.807) is 0 Å². The van der Waals surface area contributed by atoms with Crippen molar-refractivity contribution in [3.63, 3.8) is 0 Å². The summed E-state index contributed by atoms with van der Waals surface area (Å²) in [7, 11) is 0. The van der Waals surface area contributed by atoms with Crippen molar-refractivity contribution in [1.29, 1.82) is 0 Å². The van der Waals surface area contributed by atoms with E-state index >= 15 is 0 Å². The SMILES string of the molecule is [CH3][Pt]([CH3])([CH3])[CH]1C=CC=C1c1cccc2ccccc12. The quantitative estimate of drug-likeness (QED) is 0.557. The van der Waals surface area contributed by atoms with Crippen LogP contribution in [0.1, 0.15) is 5.56 Å². The third kappa shape index (κ3) is 2.35. The molecule has 0 amide bonds. The molecule has 1 heteroatoms. The van der Waals surface area contributed by atoms with Crippen molar-refractivity contribution < 1.29 is 16.1 Å². The van der Waals surface area contributed by atoms with Gasteiger partial charge in [-0.05, 0) is 0 Å². The van der Waals surface area contributed by atoms with Crippen LogP contribution in [0, 0.1) is 0 Å². The Bertz CT molecular complexity index is 666. The second-order valence-corrected chi connectivity index (χ2v) is 17.6. The second-order valence-electron chi connectivity index (χ2n) is 5.39. The van der Waals surface area contributed by atoms with Crippen molar-refractivity contribution in [2.75, 3.05) is 0 Å². The minimum atomic E-state index is -1.65. The molecule has 1 aliphatic carbocycles. The van der Waals surface area contributed by atoms with Crippen LogP contribution in [-0.2, 0) is 16.1 Å². The average molecular weight is 431 g/mol. The van der Waals surface area contributed by atoms with Gasteiger partial charge >= 0.3 is 119 Å². The molecule has 0 N–H and O–H groups in total. The molecule has 102 valence electrons. The first kappa shape index (κ1) is 12.9. The molecule has 0 heterocycles. The van der Waals surface area contributed by atoms with E-state index in [0.29, 0.717) is 4.31 Å². The molecule has 0 radical (unpaired) electrons. The monoisotopic (exact) mass is 431 g/mol. The molecule has 0 aliphatic heterocycles. The molecule has 0 aromatic heterocycles. The van der Waals surface area contributed by atoms with Gasteiger partial charge in [-0.3, -0.25) is 0 Å². The van der Waals surface area contributed by atoms with E-state index in [2.05, 4.69) is 76.6 Å². The van der Waals surface area contributed by atoms with Gasteiger partial charge < -0.3 is 0 Å². The summed E-state index contributed by atoms with van der Waals surface area (Å²) in [6.45, 7) is 0. The van der Waals surface area contributed by atoms with Gasteiger partial charge in [-0.1, -0.05) is 0 Å². The summed E-state index contributed by atoms with van der Waals surface area (Å²) in [6, 6.07) is 15.4. The van der Waals surface area contributed by atoms with Crippen LogP contribution in [0.5, 0.6) is 0 Å². The summed E-state index contributed by atoms with van der Waals surface area (Å²) in [5.41, 5.74) is 2.95. The first-order valence-corrected chi connectivity index (χ1v) is 14.4. The van der Waals surface area contributed by atoms with E-state index < -0.39 is 16.1 Å². The van der Waals surface area contributed by atoms with Crippen LogP contribution in [0.2, 0.25) is 20.2 Å². The Morgan fingerprint density at radius 1 is 0.895 bits per heavy atom. The average Bonchev–Trinajstić information content (AvgIpc) is 2.87. The molecule has 1 unspecified atom stereocenters. The summed E-state index contributed by atoms with van der Waals surface area (Å²) in [6.07, 6.45) is 6.98. The third-order valence-corrected chi connectivity index (χ3v) is 8.90. The van der Waals surface area contributed by atoms with Crippen LogP contribution in [0.4, 0.5) is 0 Å². The molecule has 0 spiro atoms.